The Hall–Kier alpha value is -4.52. The molecule has 0 saturated heterocycles. The lowest BCUT2D eigenvalue weighted by atomic mass is 10.0. The number of nitrogens with one attached hydrogen (secondary N) is 1. The molecule has 0 aliphatic heterocycles. The fraction of sp³-hybridized carbons (Fsp3) is 0. The van der Waals surface area contributed by atoms with E-state index >= 15 is 0 Å². The van der Waals surface area contributed by atoms with Crippen LogP contribution in [0.2, 0.25) is 0 Å². The van der Waals surface area contributed by atoms with Gasteiger partial charge in [-0.1, -0.05) is 48.5 Å². The van der Waals surface area contributed by atoms with Crippen LogP contribution in [0.15, 0.2) is 97.1 Å². The van der Waals surface area contributed by atoms with Crippen LogP contribution in [0.3, 0.4) is 0 Å². The third kappa shape index (κ3) is 4.25. The van der Waals surface area contributed by atoms with E-state index < -0.39 is 0 Å². The molecule has 0 aliphatic rings. The number of benzene rings is 4. The number of hydrogen-bond donors (Lipinski definition) is 1. The van der Waals surface area contributed by atoms with E-state index in [0.29, 0.717) is 11.1 Å². The summed E-state index contributed by atoms with van der Waals surface area (Å²) < 4.78 is 0. The first kappa shape index (κ1) is 19.8. The molecule has 0 heterocycles. The number of para-hydroxylation sites is 2. The average molecular weight is 411 g/mol. The molecule has 0 fully saturated rings. The highest BCUT2D eigenvalue weighted by Gasteiger charge is 2.15. The molecular weight excluding hydrogens is 394 g/mol. The number of nitrogens with zero attached hydrogens (tertiary/aromatic N) is 2. The van der Waals surface area contributed by atoms with Crippen LogP contribution in [0, 0.1) is 20.2 Å². The van der Waals surface area contributed by atoms with Crippen molar-refractivity contribution in [2.45, 2.75) is 0 Å². The summed E-state index contributed by atoms with van der Waals surface area (Å²) in [5, 5.41) is 25.8. The molecule has 0 bridgehead atoms. The predicted octanol–water partition coefficient (Wildman–Crippen LogP) is 6.58. The lowest BCUT2D eigenvalue weighted by Gasteiger charge is -2.09. The molecule has 1 N–H and O–H groups in total. The molecule has 152 valence electrons. The van der Waals surface area contributed by atoms with Gasteiger partial charge in [-0.25, -0.2) is 0 Å². The van der Waals surface area contributed by atoms with Gasteiger partial charge < -0.3 is 5.32 Å². The maximum Gasteiger partial charge on any atom is 0.277 e. The van der Waals surface area contributed by atoms with Crippen molar-refractivity contribution in [3.8, 4) is 22.3 Å². The molecule has 0 spiro atoms. The molecule has 31 heavy (non-hydrogen) atoms. The molecule has 0 saturated carbocycles. The number of nitro benzene ring substituents is 2. The monoisotopic (exact) mass is 411 g/mol. The Balaban J connectivity index is 1.53. The van der Waals surface area contributed by atoms with Crippen molar-refractivity contribution < 1.29 is 9.85 Å². The largest absolute Gasteiger partial charge is 0.356 e. The normalized spacial score (nSPS) is 10.5. The number of nitro groups is 2. The molecule has 4 aromatic carbocycles. The minimum atomic E-state index is -0.389. The summed E-state index contributed by atoms with van der Waals surface area (Å²) in [6.45, 7) is 0. The van der Waals surface area contributed by atoms with Gasteiger partial charge in [0, 0.05) is 23.5 Å². The van der Waals surface area contributed by atoms with Crippen molar-refractivity contribution in [1.82, 2.24) is 0 Å². The molecule has 7 nitrogen and oxygen atoms in total. The molecule has 0 aromatic heterocycles. The van der Waals surface area contributed by atoms with Crippen molar-refractivity contribution in [3.05, 3.63) is 117 Å². The molecule has 0 amide bonds. The van der Waals surface area contributed by atoms with Crippen molar-refractivity contribution in [2.24, 2.45) is 0 Å². The van der Waals surface area contributed by atoms with Crippen LogP contribution in [-0.4, -0.2) is 9.85 Å². The van der Waals surface area contributed by atoms with Gasteiger partial charge in [0.1, 0.15) is 0 Å². The Kier molecular flexibility index (Phi) is 5.40. The first-order valence-electron chi connectivity index (χ1n) is 9.47. The van der Waals surface area contributed by atoms with Crippen molar-refractivity contribution in [2.75, 3.05) is 5.32 Å². The molecule has 7 heteroatoms. The summed E-state index contributed by atoms with van der Waals surface area (Å²) in [6, 6.07) is 28.0. The van der Waals surface area contributed by atoms with E-state index in [2.05, 4.69) is 5.32 Å². The zero-order chi connectivity index (χ0) is 21.8. The summed E-state index contributed by atoms with van der Waals surface area (Å²) in [4.78, 5) is 21.7. The topological polar surface area (TPSA) is 98.3 Å². The number of rotatable bonds is 6. The minimum Gasteiger partial charge on any atom is -0.356 e. The second-order valence-corrected chi connectivity index (χ2v) is 6.83. The summed E-state index contributed by atoms with van der Waals surface area (Å²) in [7, 11) is 0. The Labute approximate surface area is 177 Å². The third-order valence-electron chi connectivity index (χ3n) is 4.88. The third-order valence-corrected chi connectivity index (χ3v) is 4.88. The Morgan fingerprint density at radius 1 is 0.516 bits per heavy atom. The summed E-state index contributed by atoms with van der Waals surface area (Å²) in [5.74, 6) is 0. The van der Waals surface area contributed by atoms with Gasteiger partial charge in [0.2, 0.25) is 0 Å². The van der Waals surface area contributed by atoms with E-state index in [1.807, 2.05) is 48.5 Å². The van der Waals surface area contributed by atoms with Crippen LogP contribution in [-0.2, 0) is 0 Å². The second-order valence-electron chi connectivity index (χ2n) is 6.83. The number of anilines is 2. The summed E-state index contributed by atoms with van der Waals surface area (Å²) in [6.07, 6.45) is 0. The van der Waals surface area contributed by atoms with Gasteiger partial charge in [-0.15, -0.1) is 0 Å². The van der Waals surface area contributed by atoms with Gasteiger partial charge in [-0.3, -0.25) is 20.2 Å². The maximum atomic E-state index is 11.2. The second kappa shape index (κ2) is 8.46. The Morgan fingerprint density at radius 3 is 1.23 bits per heavy atom. The van der Waals surface area contributed by atoms with Gasteiger partial charge in [-0.05, 0) is 47.5 Å². The first-order valence-corrected chi connectivity index (χ1v) is 9.47. The van der Waals surface area contributed by atoms with Crippen LogP contribution < -0.4 is 5.32 Å². The van der Waals surface area contributed by atoms with Gasteiger partial charge in [0.25, 0.3) is 11.4 Å². The van der Waals surface area contributed by atoms with Crippen LogP contribution in [0.1, 0.15) is 0 Å². The Bertz CT molecular complexity index is 1150. The van der Waals surface area contributed by atoms with Gasteiger partial charge >= 0.3 is 0 Å². The van der Waals surface area contributed by atoms with Crippen LogP contribution >= 0.6 is 0 Å². The number of hydrogen-bond acceptors (Lipinski definition) is 5. The highest BCUT2D eigenvalue weighted by atomic mass is 16.6. The van der Waals surface area contributed by atoms with E-state index in [-0.39, 0.29) is 21.2 Å². The zero-order valence-corrected chi connectivity index (χ0v) is 16.3. The minimum absolute atomic E-state index is 0.0637. The molecule has 0 radical (unpaired) electrons. The molecule has 4 rings (SSSR count). The van der Waals surface area contributed by atoms with Crippen LogP contribution in [0.25, 0.3) is 22.3 Å². The summed E-state index contributed by atoms with van der Waals surface area (Å²) in [5.41, 5.74) is 4.40. The van der Waals surface area contributed by atoms with Crippen molar-refractivity contribution in [3.63, 3.8) is 0 Å². The maximum absolute atomic E-state index is 11.2. The van der Waals surface area contributed by atoms with Gasteiger partial charge in [0.05, 0.1) is 21.0 Å². The lowest BCUT2D eigenvalue weighted by Crippen LogP contribution is -1.93. The SMILES string of the molecule is O=[N+]([O-])c1ccccc1-c1ccc(Nc2ccc(-c3ccccc3[N+](=O)[O-])cc2)cc1. The van der Waals surface area contributed by atoms with Crippen molar-refractivity contribution in [1.29, 1.82) is 0 Å². The molecule has 4 aromatic rings. The van der Waals surface area contributed by atoms with E-state index in [1.54, 1.807) is 36.4 Å². The Morgan fingerprint density at radius 2 is 0.871 bits per heavy atom. The average Bonchev–Trinajstić information content (AvgIpc) is 2.80. The standard InChI is InChI=1S/C24H17N3O4/c28-26(29)23-7-3-1-5-21(23)17-9-13-19(14-10-17)25-20-15-11-18(12-16-20)22-6-2-4-8-24(22)27(30)31/h1-16,25H. The predicted molar refractivity (Wildman–Crippen MR) is 120 cm³/mol. The lowest BCUT2D eigenvalue weighted by molar-refractivity contribution is -0.384. The highest BCUT2D eigenvalue weighted by molar-refractivity contribution is 5.77. The smallest absolute Gasteiger partial charge is 0.277 e. The molecule has 0 unspecified atom stereocenters. The first-order chi connectivity index (χ1) is 15.0. The van der Waals surface area contributed by atoms with E-state index in [0.717, 1.165) is 22.5 Å². The van der Waals surface area contributed by atoms with E-state index in [1.165, 1.54) is 12.1 Å². The fourth-order valence-corrected chi connectivity index (χ4v) is 3.39. The summed E-state index contributed by atoms with van der Waals surface area (Å²) >= 11 is 0. The zero-order valence-electron chi connectivity index (χ0n) is 16.3. The van der Waals surface area contributed by atoms with Crippen molar-refractivity contribution >= 4 is 22.7 Å². The highest BCUT2D eigenvalue weighted by Crippen LogP contribution is 2.32. The van der Waals surface area contributed by atoms with Gasteiger partial charge in [-0.2, -0.15) is 0 Å². The molecular formula is C24H17N3O4. The van der Waals surface area contributed by atoms with Crippen LogP contribution in [0.5, 0.6) is 0 Å². The van der Waals surface area contributed by atoms with Crippen LogP contribution in [0.4, 0.5) is 22.7 Å². The van der Waals surface area contributed by atoms with E-state index in [9.17, 15) is 20.2 Å². The van der Waals surface area contributed by atoms with Gasteiger partial charge in [0.15, 0.2) is 0 Å². The fourth-order valence-electron chi connectivity index (χ4n) is 3.39. The van der Waals surface area contributed by atoms with E-state index in [4.69, 9.17) is 0 Å². The quantitative estimate of drug-likeness (QED) is 0.285. The molecule has 0 atom stereocenters. The molecule has 0 aliphatic carbocycles.